The SMILES string of the molecule is O=C(O)CCNC(=S)Nc1c(Cl)cccc1Cl. The Morgan fingerprint density at radius 2 is 1.94 bits per heavy atom. The molecule has 0 aliphatic carbocycles. The van der Waals surface area contributed by atoms with Crippen molar-refractivity contribution in [1.82, 2.24) is 5.32 Å². The Hall–Kier alpha value is -1.04. The van der Waals surface area contributed by atoms with Crippen molar-refractivity contribution in [2.75, 3.05) is 11.9 Å². The molecule has 92 valence electrons. The molecule has 0 unspecified atom stereocenters. The van der Waals surface area contributed by atoms with E-state index in [1.807, 2.05) is 0 Å². The van der Waals surface area contributed by atoms with Crippen molar-refractivity contribution in [2.24, 2.45) is 0 Å². The van der Waals surface area contributed by atoms with E-state index in [1.54, 1.807) is 18.2 Å². The van der Waals surface area contributed by atoms with Gasteiger partial charge in [0.05, 0.1) is 22.2 Å². The molecule has 0 saturated carbocycles. The molecule has 7 heteroatoms. The van der Waals surface area contributed by atoms with Crippen LogP contribution in [0.4, 0.5) is 5.69 Å². The first-order valence-electron chi connectivity index (χ1n) is 4.71. The minimum Gasteiger partial charge on any atom is -0.481 e. The number of benzene rings is 1. The molecule has 0 aromatic heterocycles. The van der Waals surface area contributed by atoms with Crippen LogP contribution in [0.5, 0.6) is 0 Å². The first-order valence-corrected chi connectivity index (χ1v) is 5.88. The van der Waals surface area contributed by atoms with E-state index in [9.17, 15) is 4.79 Å². The summed E-state index contributed by atoms with van der Waals surface area (Å²) < 4.78 is 0. The first-order chi connectivity index (χ1) is 8.00. The average Bonchev–Trinajstić information content (AvgIpc) is 2.23. The topological polar surface area (TPSA) is 61.4 Å². The molecule has 0 fully saturated rings. The van der Waals surface area contributed by atoms with E-state index >= 15 is 0 Å². The van der Waals surface area contributed by atoms with Gasteiger partial charge in [-0.1, -0.05) is 29.3 Å². The smallest absolute Gasteiger partial charge is 0.305 e. The van der Waals surface area contributed by atoms with Gasteiger partial charge in [0.1, 0.15) is 0 Å². The van der Waals surface area contributed by atoms with Gasteiger partial charge in [0, 0.05) is 6.54 Å². The normalized spacial score (nSPS) is 9.76. The molecule has 4 nitrogen and oxygen atoms in total. The van der Waals surface area contributed by atoms with Crippen LogP contribution in [0.25, 0.3) is 0 Å². The van der Waals surface area contributed by atoms with Crippen molar-refractivity contribution in [3.05, 3.63) is 28.2 Å². The quantitative estimate of drug-likeness (QED) is 0.745. The maximum Gasteiger partial charge on any atom is 0.305 e. The number of anilines is 1. The number of aliphatic carboxylic acids is 1. The summed E-state index contributed by atoms with van der Waals surface area (Å²) in [5, 5.41) is 15.2. The molecule has 1 rings (SSSR count). The van der Waals surface area contributed by atoms with Crippen LogP contribution in [0, 0.1) is 0 Å². The highest BCUT2D eigenvalue weighted by atomic mass is 35.5. The molecule has 0 saturated heterocycles. The minimum absolute atomic E-state index is 0.0158. The second kappa shape index (κ2) is 6.64. The molecule has 0 spiro atoms. The Kier molecular flexibility index (Phi) is 5.47. The van der Waals surface area contributed by atoms with Crippen LogP contribution in [0.1, 0.15) is 6.42 Å². The second-order valence-corrected chi connectivity index (χ2v) is 4.34. The summed E-state index contributed by atoms with van der Waals surface area (Å²) in [4.78, 5) is 10.3. The van der Waals surface area contributed by atoms with Gasteiger partial charge in [-0.2, -0.15) is 0 Å². The lowest BCUT2D eigenvalue weighted by Gasteiger charge is -2.12. The van der Waals surface area contributed by atoms with Crippen molar-refractivity contribution in [3.8, 4) is 0 Å². The summed E-state index contributed by atoms with van der Waals surface area (Å²) in [6.45, 7) is 0.239. The molecule has 0 aliphatic rings. The second-order valence-electron chi connectivity index (χ2n) is 3.12. The maximum atomic E-state index is 10.3. The number of hydrogen-bond acceptors (Lipinski definition) is 2. The van der Waals surface area contributed by atoms with Gasteiger partial charge in [-0.05, 0) is 24.4 Å². The molecule has 17 heavy (non-hydrogen) atoms. The largest absolute Gasteiger partial charge is 0.481 e. The third-order valence-corrected chi connectivity index (χ3v) is 2.70. The van der Waals surface area contributed by atoms with Gasteiger partial charge >= 0.3 is 5.97 Å². The average molecular weight is 293 g/mol. The fourth-order valence-corrected chi connectivity index (χ4v) is 1.75. The van der Waals surface area contributed by atoms with Gasteiger partial charge in [0.15, 0.2) is 5.11 Å². The van der Waals surface area contributed by atoms with E-state index in [0.29, 0.717) is 15.7 Å². The molecule has 3 N–H and O–H groups in total. The lowest BCUT2D eigenvalue weighted by Crippen LogP contribution is -2.30. The molecule has 1 aromatic rings. The Balaban J connectivity index is 2.53. The molecule has 0 bridgehead atoms. The van der Waals surface area contributed by atoms with Crippen molar-refractivity contribution in [2.45, 2.75) is 6.42 Å². The Morgan fingerprint density at radius 3 is 2.47 bits per heavy atom. The molecule has 0 heterocycles. The zero-order valence-electron chi connectivity index (χ0n) is 8.67. The van der Waals surface area contributed by atoms with Crippen molar-refractivity contribution in [3.63, 3.8) is 0 Å². The number of thiocarbonyl (C=S) groups is 1. The minimum atomic E-state index is -0.893. The molecular weight excluding hydrogens is 283 g/mol. The van der Waals surface area contributed by atoms with Crippen LogP contribution < -0.4 is 10.6 Å². The van der Waals surface area contributed by atoms with E-state index in [4.69, 9.17) is 40.5 Å². The number of carboxylic acids is 1. The molecule has 1 aromatic carbocycles. The Morgan fingerprint density at radius 1 is 1.35 bits per heavy atom. The number of hydrogen-bond donors (Lipinski definition) is 3. The number of carboxylic acid groups (broad SMARTS) is 1. The van der Waals surface area contributed by atoms with Crippen molar-refractivity contribution < 1.29 is 9.90 Å². The van der Waals surface area contributed by atoms with Gasteiger partial charge in [0.25, 0.3) is 0 Å². The van der Waals surface area contributed by atoms with Crippen molar-refractivity contribution >= 4 is 52.2 Å². The summed E-state index contributed by atoms with van der Waals surface area (Å²) in [5.41, 5.74) is 0.503. The van der Waals surface area contributed by atoms with E-state index < -0.39 is 5.97 Å². The van der Waals surface area contributed by atoms with Crippen LogP contribution in [0.2, 0.25) is 10.0 Å². The highest BCUT2D eigenvalue weighted by molar-refractivity contribution is 7.80. The van der Waals surface area contributed by atoms with E-state index in [1.165, 1.54) is 0 Å². The third-order valence-electron chi connectivity index (χ3n) is 1.83. The van der Waals surface area contributed by atoms with Gasteiger partial charge in [0.2, 0.25) is 0 Å². The predicted octanol–water partition coefficient (Wildman–Crippen LogP) is 2.75. The number of rotatable bonds is 4. The molecule has 0 atom stereocenters. The van der Waals surface area contributed by atoms with E-state index in [0.717, 1.165) is 0 Å². The summed E-state index contributed by atoms with van der Waals surface area (Å²) in [7, 11) is 0. The summed E-state index contributed by atoms with van der Waals surface area (Å²) in [6, 6.07) is 5.07. The summed E-state index contributed by atoms with van der Waals surface area (Å²) >= 11 is 16.8. The van der Waals surface area contributed by atoms with Crippen molar-refractivity contribution in [1.29, 1.82) is 0 Å². The van der Waals surface area contributed by atoms with E-state index in [2.05, 4.69) is 10.6 Å². The zero-order valence-corrected chi connectivity index (χ0v) is 11.0. The van der Waals surface area contributed by atoms with Gasteiger partial charge in [-0.25, -0.2) is 0 Å². The van der Waals surface area contributed by atoms with Gasteiger partial charge in [-0.3, -0.25) is 4.79 Å². The maximum absolute atomic E-state index is 10.3. The van der Waals surface area contributed by atoms with Crippen LogP contribution in [0.15, 0.2) is 18.2 Å². The Bertz CT molecular complexity index is 420. The third kappa shape index (κ3) is 4.77. The van der Waals surface area contributed by atoms with Gasteiger partial charge < -0.3 is 15.7 Å². The Labute approximate surface area is 114 Å². The van der Waals surface area contributed by atoms with Crippen LogP contribution in [0.3, 0.4) is 0 Å². The van der Waals surface area contributed by atoms with E-state index in [-0.39, 0.29) is 18.1 Å². The summed E-state index contributed by atoms with van der Waals surface area (Å²) in [6.07, 6.45) is -0.0158. The van der Waals surface area contributed by atoms with Crippen LogP contribution in [-0.2, 0) is 4.79 Å². The zero-order chi connectivity index (χ0) is 12.8. The molecule has 0 aliphatic heterocycles. The first kappa shape index (κ1) is 14.0. The number of halogens is 2. The lowest BCUT2D eigenvalue weighted by molar-refractivity contribution is -0.136. The standard InChI is InChI=1S/C10H10Cl2N2O2S/c11-6-2-1-3-7(12)9(6)14-10(17)13-5-4-8(15)16/h1-3H,4-5H2,(H,15,16)(H2,13,14,17). The monoisotopic (exact) mass is 292 g/mol. The lowest BCUT2D eigenvalue weighted by atomic mass is 10.3. The fraction of sp³-hybridized carbons (Fsp3) is 0.200. The van der Waals surface area contributed by atoms with Crippen LogP contribution >= 0.6 is 35.4 Å². The molecular formula is C10H10Cl2N2O2S. The predicted molar refractivity (Wildman–Crippen MR) is 72.9 cm³/mol. The highest BCUT2D eigenvalue weighted by Crippen LogP contribution is 2.29. The fourth-order valence-electron chi connectivity index (χ4n) is 1.06. The van der Waals surface area contributed by atoms with Crippen LogP contribution in [-0.4, -0.2) is 22.7 Å². The number of para-hydroxylation sites is 1. The number of carbonyl (C=O) groups is 1. The summed E-state index contributed by atoms with van der Waals surface area (Å²) in [5.74, 6) is -0.893. The van der Waals surface area contributed by atoms with Gasteiger partial charge in [-0.15, -0.1) is 0 Å². The molecule has 0 amide bonds. The number of nitrogens with one attached hydrogen (secondary N) is 2. The highest BCUT2D eigenvalue weighted by Gasteiger charge is 2.07. The molecule has 0 radical (unpaired) electrons.